The van der Waals surface area contributed by atoms with Gasteiger partial charge in [-0.1, -0.05) is 13.8 Å². The first-order chi connectivity index (χ1) is 8.49. The fourth-order valence-electron chi connectivity index (χ4n) is 1.34. The summed E-state index contributed by atoms with van der Waals surface area (Å²) in [5.41, 5.74) is 0.756. The predicted octanol–water partition coefficient (Wildman–Crippen LogP) is 3.03. The van der Waals surface area contributed by atoms with E-state index in [0.717, 1.165) is 5.69 Å². The van der Waals surface area contributed by atoms with Crippen LogP contribution < -0.4 is 5.32 Å². The normalized spacial score (nSPS) is 12.8. The minimum Gasteiger partial charge on any atom is -0.389 e. The van der Waals surface area contributed by atoms with Crippen LogP contribution in [-0.4, -0.2) is 31.0 Å². The molecule has 0 amide bonds. The van der Waals surface area contributed by atoms with Crippen molar-refractivity contribution in [3.8, 4) is 0 Å². The second kappa shape index (κ2) is 7.71. The van der Waals surface area contributed by atoms with Crippen LogP contribution >= 0.6 is 15.9 Å². The number of aliphatic hydroxyl groups excluding tert-OH is 1. The van der Waals surface area contributed by atoms with Crippen LogP contribution in [-0.2, 0) is 4.74 Å². The Kier molecular flexibility index (Phi) is 6.60. The van der Waals surface area contributed by atoms with Gasteiger partial charge in [0.1, 0.15) is 5.82 Å². The van der Waals surface area contributed by atoms with Gasteiger partial charge in [-0.15, -0.1) is 0 Å². The number of halogens is 2. The highest BCUT2D eigenvalue weighted by Gasteiger charge is 2.06. The van der Waals surface area contributed by atoms with E-state index in [9.17, 15) is 9.50 Å². The smallest absolute Gasteiger partial charge is 0.137 e. The number of hydrogen-bond donors (Lipinski definition) is 2. The van der Waals surface area contributed by atoms with E-state index >= 15 is 0 Å². The summed E-state index contributed by atoms with van der Waals surface area (Å²) in [5.74, 6) is 0.152. The van der Waals surface area contributed by atoms with E-state index in [1.165, 1.54) is 6.07 Å². The van der Waals surface area contributed by atoms with Gasteiger partial charge in [0.2, 0.25) is 0 Å². The predicted molar refractivity (Wildman–Crippen MR) is 74.3 cm³/mol. The van der Waals surface area contributed by atoms with Gasteiger partial charge >= 0.3 is 0 Å². The third kappa shape index (κ3) is 5.80. The van der Waals surface area contributed by atoms with Gasteiger partial charge in [-0.3, -0.25) is 0 Å². The summed E-state index contributed by atoms with van der Waals surface area (Å²) in [5, 5.41) is 12.7. The molecule has 0 aliphatic carbocycles. The van der Waals surface area contributed by atoms with Crippen molar-refractivity contribution >= 4 is 21.6 Å². The van der Waals surface area contributed by atoms with Gasteiger partial charge in [-0.25, -0.2) is 4.39 Å². The minimum atomic E-state index is -0.576. The molecule has 1 atom stereocenters. The molecule has 0 bridgehead atoms. The summed E-state index contributed by atoms with van der Waals surface area (Å²) in [6, 6.07) is 4.63. The second-order valence-corrected chi connectivity index (χ2v) is 5.45. The van der Waals surface area contributed by atoms with E-state index in [1.807, 2.05) is 0 Å². The van der Waals surface area contributed by atoms with Crippen molar-refractivity contribution in [2.24, 2.45) is 5.92 Å². The van der Waals surface area contributed by atoms with Crippen LogP contribution in [0, 0.1) is 11.7 Å². The third-order valence-corrected chi connectivity index (χ3v) is 2.83. The summed E-state index contributed by atoms with van der Waals surface area (Å²) in [6.45, 7) is 5.42. The molecule has 0 spiro atoms. The Morgan fingerprint density at radius 3 is 2.72 bits per heavy atom. The molecule has 1 aromatic rings. The monoisotopic (exact) mass is 319 g/mol. The second-order valence-electron chi connectivity index (χ2n) is 4.59. The molecule has 5 heteroatoms. The number of rotatable bonds is 7. The van der Waals surface area contributed by atoms with Crippen LogP contribution in [0.5, 0.6) is 0 Å². The molecule has 3 nitrogen and oxygen atoms in total. The fraction of sp³-hybridized carbons (Fsp3) is 0.538. The minimum absolute atomic E-state index is 0.299. The van der Waals surface area contributed by atoms with Gasteiger partial charge < -0.3 is 15.2 Å². The molecule has 0 saturated carbocycles. The Bertz CT molecular complexity index is 374. The fourth-order valence-corrected chi connectivity index (χ4v) is 1.72. The summed E-state index contributed by atoms with van der Waals surface area (Å²) >= 11 is 3.11. The Morgan fingerprint density at radius 1 is 1.39 bits per heavy atom. The van der Waals surface area contributed by atoms with Gasteiger partial charge in [-0.05, 0) is 40.0 Å². The molecule has 0 heterocycles. The number of nitrogens with one attached hydrogen (secondary N) is 1. The van der Waals surface area contributed by atoms with Crippen molar-refractivity contribution in [3.63, 3.8) is 0 Å². The summed E-state index contributed by atoms with van der Waals surface area (Å²) in [4.78, 5) is 0. The van der Waals surface area contributed by atoms with E-state index < -0.39 is 6.10 Å². The van der Waals surface area contributed by atoms with Crippen molar-refractivity contribution in [3.05, 3.63) is 28.5 Å². The van der Waals surface area contributed by atoms with Crippen LogP contribution in [0.15, 0.2) is 22.7 Å². The lowest BCUT2D eigenvalue weighted by molar-refractivity contribution is 0.0318. The molecule has 0 aromatic heterocycles. The summed E-state index contributed by atoms with van der Waals surface area (Å²) in [7, 11) is 0. The third-order valence-electron chi connectivity index (χ3n) is 2.22. The molecule has 0 aliphatic rings. The molecule has 1 rings (SSSR count). The topological polar surface area (TPSA) is 41.5 Å². The maximum atomic E-state index is 13.0. The molecule has 18 heavy (non-hydrogen) atoms. The highest BCUT2D eigenvalue weighted by Crippen LogP contribution is 2.19. The van der Waals surface area contributed by atoms with Gasteiger partial charge in [0, 0.05) is 18.8 Å². The lowest BCUT2D eigenvalue weighted by Crippen LogP contribution is -2.25. The lowest BCUT2D eigenvalue weighted by Gasteiger charge is -2.14. The Hall–Kier alpha value is -0.650. The average molecular weight is 320 g/mol. The zero-order valence-electron chi connectivity index (χ0n) is 10.6. The molecule has 102 valence electrons. The van der Waals surface area contributed by atoms with Crippen LogP contribution in [0.25, 0.3) is 0 Å². The van der Waals surface area contributed by atoms with Crippen molar-refractivity contribution in [1.29, 1.82) is 0 Å². The van der Waals surface area contributed by atoms with Crippen LogP contribution in [0.3, 0.4) is 0 Å². The maximum absolute atomic E-state index is 13.0. The first-order valence-electron chi connectivity index (χ1n) is 5.93. The van der Waals surface area contributed by atoms with Crippen LogP contribution in [0.2, 0.25) is 0 Å². The SMILES string of the molecule is CC(C)COCC(O)CNc1ccc(F)c(Br)c1. The number of benzene rings is 1. The van der Waals surface area contributed by atoms with E-state index in [2.05, 4.69) is 35.1 Å². The van der Waals surface area contributed by atoms with Gasteiger partial charge in [-0.2, -0.15) is 0 Å². The highest BCUT2D eigenvalue weighted by atomic mass is 79.9. The zero-order valence-corrected chi connectivity index (χ0v) is 12.2. The molecule has 0 fully saturated rings. The van der Waals surface area contributed by atoms with E-state index in [1.54, 1.807) is 12.1 Å². The van der Waals surface area contributed by atoms with Gasteiger partial charge in [0.25, 0.3) is 0 Å². The first-order valence-corrected chi connectivity index (χ1v) is 6.73. The number of ether oxygens (including phenoxy) is 1. The van der Waals surface area contributed by atoms with E-state index in [0.29, 0.717) is 30.1 Å². The molecule has 0 aliphatic heterocycles. The van der Waals surface area contributed by atoms with E-state index in [-0.39, 0.29) is 5.82 Å². The van der Waals surface area contributed by atoms with E-state index in [4.69, 9.17) is 4.74 Å². The van der Waals surface area contributed by atoms with Crippen molar-refractivity contribution in [2.75, 3.05) is 25.1 Å². The number of anilines is 1. The van der Waals surface area contributed by atoms with Gasteiger partial charge in [0.15, 0.2) is 0 Å². The van der Waals surface area contributed by atoms with Crippen molar-refractivity contribution in [2.45, 2.75) is 20.0 Å². The summed E-state index contributed by atoms with van der Waals surface area (Å²) in [6.07, 6.45) is -0.576. The van der Waals surface area contributed by atoms with Gasteiger partial charge in [0.05, 0.1) is 17.2 Å². The first kappa shape index (κ1) is 15.4. The van der Waals surface area contributed by atoms with Crippen LogP contribution in [0.4, 0.5) is 10.1 Å². The van der Waals surface area contributed by atoms with Crippen molar-refractivity contribution < 1.29 is 14.2 Å². The number of hydrogen-bond acceptors (Lipinski definition) is 3. The molecule has 2 N–H and O–H groups in total. The summed E-state index contributed by atoms with van der Waals surface area (Å²) < 4.78 is 18.7. The Labute approximate surface area is 115 Å². The largest absolute Gasteiger partial charge is 0.389 e. The molecule has 0 radical (unpaired) electrons. The molecule has 0 saturated heterocycles. The van der Waals surface area contributed by atoms with Crippen molar-refractivity contribution in [1.82, 2.24) is 0 Å². The average Bonchev–Trinajstić information content (AvgIpc) is 2.30. The standard InChI is InChI=1S/C13H19BrFNO2/c1-9(2)7-18-8-11(17)6-16-10-3-4-13(15)12(14)5-10/h3-5,9,11,16-17H,6-8H2,1-2H3. The quantitative estimate of drug-likeness (QED) is 0.811. The molecule has 1 aromatic carbocycles. The number of aliphatic hydroxyl groups is 1. The lowest BCUT2D eigenvalue weighted by atomic mass is 10.2. The zero-order chi connectivity index (χ0) is 13.5. The molecular formula is C13H19BrFNO2. The van der Waals surface area contributed by atoms with Crippen LogP contribution in [0.1, 0.15) is 13.8 Å². The Balaban J connectivity index is 2.29. The molecule has 1 unspecified atom stereocenters. The molecular weight excluding hydrogens is 301 g/mol. The Morgan fingerprint density at radius 2 is 2.11 bits per heavy atom. The highest BCUT2D eigenvalue weighted by molar-refractivity contribution is 9.10. The maximum Gasteiger partial charge on any atom is 0.137 e.